The summed E-state index contributed by atoms with van der Waals surface area (Å²) in [7, 11) is 5.50. The van der Waals surface area contributed by atoms with E-state index in [0.29, 0.717) is 29.1 Å². The molecule has 1 aromatic carbocycles. The molecule has 176 valence electrons. The lowest BCUT2D eigenvalue weighted by molar-refractivity contribution is -0.159. The van der Waals surface area contributed by atoms with E-state index in [0.717, 1.165) is 21.6 Å². The van der Waals surface area contributed by atoms with Crippen LogP contribution in [0.4, 0.5) is 11.8 Å². The van der Waals surface area contributed by atoms with Gasteiger partial charge >= 0.3 is 0 Å². The van der Waals surface area contributed by atoms with Crippen molar-refractivity contribution in [1.29, 1.82) is 0 Å². The Bertz CT molecular complexity index is 1140. The number of fused-ring (bicyclic) bond motifs is 2. The molecule has 0 bridgehead atoms. The van der Waals surface area contributed by atoms with Crippen molar-refractivity contribution in [2.45, 2.75) is 44.3 Å². The maximum Gasteiger partial charge on any atom is 0.228 e. The van der Waals surface area contributed by atoms with Crippen molar-refractivity contribution in [3.8, 4) is 10.6 Å². The summed E-state index contributed by atoms with van der Waals surface area (Å²) in [6.07, 6.45) is 0.658. The smallest absolute Gasteiger partial charge is 0.228 e. The molecule has 1 aliphatic heterocycles. The Morgan fingerprint density at radius 1 is 1.18 bits per heavy atom. The molecular weight excluding hydrogens is 462 g/mol. The van der Waals surface area contributed by atoms with Crippen molar-refractivity contribution in [3.05, 3.63) is 29.4 Å². The summed E-state index contributed by atoms with van der Waals surface area (Å²) in [5.74, 6) is 0.748. The Morgan fingerprint density at radius 2 is 1.94 bits per heavy atom. The van der Waals surface area contributed by atoms with Crippen LogP contribution >= 0.6 is 22.9 Å². The predicted molar refractivity (Wildman–Crippen MR) is 131 cm³/mol. The van der Waals surface area contributed by atoms with Gasteiger partial charge in [0.05, 0.1) is 34.5 Å². The minimum absolute atomic E-state index is 0.0222. The van der Waals surface area contributed by atoms with Crippen LogP contribution in [0.1, 0.15) is 20.3 Å². The Labute approximate surface area is 202 Å². The maximum absolute atomic E-state index is 6.73. The molecule has 8 nitrogen and oxygen atoms in total. The largest absolute Gasteiger partial charge is 0.384 e. The number of benzene rings is 1. The number of rotatable bonds is 6. The number of nitrogens with zero attached hydrogens (tertiary/aromatic N) is 4. The van der Waals surface area contributed by atoms with Crippen molar-refractivity contribution < 1.29 is 14.2 Å². The average Bonchev–Trinajstić information content (AvgIpc) is 3.40. The van der Waals surface area contributed by atoms with Gasteiger partial charge in [-0.1, -0.05) is 23.7 Å². The molecule has 3 heterocycles. The third-order valence-corrected chi connectivity index (χ3v) is 7.37. The second-order valence-corrected chi connectivity index (χ2v) is 10.6. The molecule has 5 rings (SSSR count). The summed E-state index contributed by atoms with van der Waals surface area (Å²) in [6, 6.07) is 8.01. The van der Waals surface area contributed by atoms with Crippen molar-refractivity contribution in [2.75, 3.05) is 38.0 Å². The maximum atomic E-state index is 6.73. The number of aromatic nitrogens is 3. The van der Waals surface area contributed by atoms with E-state index in [1.54, 1.807) is 18.4 Å². The van der Waals surface area contributed by atoms with E-state index in [4.69, 9.17) is 35.8 Å². The Morgan fingerprint density at radius 3 is 2.67 bits per heavy atom. The van der Waals surface area contributed by atoms with E-state index in [2.05, 4.69) is 16.4 Å². The molecule has 4 unspecified atom stereocenters. The molecule has 2 aromatic heterocycles. The second-order valence-electron chi connectivity index (χ2n) is 9.19. The number of hydrogen-bond acceptors (Lipinski definition) is 9. The molecule has 2 aliphatic rings. The fourth-order valence-electron chi connectivity index (χ4n) is 4.68. The number of hydrogen-bond donors (Lipinski definition) is 1. The first-order chi connectivity index (χ1) is 15.8. The quantitative estimate of drug-likeness (QED) is 0.509. The molecule has 4 atom stereocenters. The van der Waals surface area contributed by atoms with E-state index < -0.39 is 5.79 Å². The van der Waals surface area contributed by atoms with E-state index in [9.17, 15) is 0 Å². The highest BCUT2D eigenvalue weighted by molar-refractivity contribution is 7.21. The molecule has 2 fully saturated rings. The van der Waals surface area contributed by atoms with Gasteiger partial charge in [-0.25, -0.2) is 9.97 Å². The molecule has 0 radical (unpaired) electrons. The second kappa shape index (κ2) is 8.63. The number of ether oxygens (including phenoxy) is 3. The molecule has 1 saturated heterocycles. The van der Waals surface area contributed by atoms with Gasteiger partial charge in [0.1, 0.15) is 22.1 Å². The third kappa shape index (κ3) is 4.28. The first kappa shape index (κ1) is 22.7. The molecule has 0 amide bonds. The average molecular weight is 490 g/mol. The van der Waals surface area contributed by atoms with Crippen LogP contribution in [0.15, 0.2) is 24.3 Å². The third-order valence-electron chi connectivity index (χ3n) is 6.05. The van der Waals surface area contributed by atoms with Crippen LogP contribution in [0.3, 0.4) is 0 Å². The predicted octanol–water partition coefficient (Wildman–Crippen LogP) is 4.44. The normalized spacial score (nSPS) is 26.0. The number of halogens is 1. The zero-order valence-electron chi connectivity index (χ0n) is 19.3. The van der Waals surface area contributed by atoms with E-state index in [1.165, 1.54) is 0 Å². The first-order valence-corrected chi connectivity index (χ1v) is 12.2. The lowest BCUT2D eigenvalue weighted by Crippen LogP contribution is -2.35. The lowest BCUT2D eigenvalue weighted by Gasteiger charge is -2.25. The summed E-state index contributed by atoms with van der Waals surface area (Å²) in [5, 5.41) is 4.77. The fourth-order valence-corrected chi connectivity index (χ4v) is 6.00. The van der Waals surface area contributed by atoms with Crippen molar-refractivity contribution >= 4 is 44.9 Å². The minimum Gasteiger partial charge on any atom is -0.384 e. The van der Waals surface area contributed by atoms with Gasteiger partial charge in [-0.2, -0.15) is 4.98 Å². The van der Waals surface area contributed by atoms with Crippen LogP contribution in [-0.4, -0.2) is 66.8 Å². The first-order valence-electron chi connectivity index (χ1n) is 11.0. The number of thiazole rings is 1. The molecular formula is C23H28ClN5O3S. The molecule has 0 spiro atoms. The number of para-hydroxylation sites is 1. The zero-order chi connectivity index (χ0) is 23.3. The Kier molecular flexibility index (Phi) is 5.95. The minimum atomic E-state index is -0.643. The molecule has 3 aromatic rings. The van der Waals surface area contributed by atoms with Crippen molar-refractivity contribution in [3.63, 3.8) is 0 Å². The highest BCUT2D eigenvalue weighted by atomic mass is 35.5. The van der Waals surface area contributed by atoms with Gasteiger partial charge in [0.25, 0.3) is 0 Å². The SMILES string of the molecule is COCC1CC(Nc2nc(N(C)C)nc(Cl)c2-c2nc3ccccc3s2)C2OC(C)(C)OC12. The van der Waals surface area contributed by atoms with E-state index >= 15 is 0 Å². The van der Waals surface area contributed by atoms with Crippen LogP contribution in [0.25, 0.3) is 20.8 Å². The summed E-state index contributed by atoms with van der Waals surface area (Å²) in [6.45, 7) is 4.51. The number of methoxy groups -OCH3 is 1. The topological polar surface area (TPSA) is 81.6 Å². The zero-order valence-corrected chi connectivity index (χ0v) is 20.9. The van der Waals surface area contributed by atoms with Crippen LogP contribution in [0.2, 0.25) is 5.15 Å². The van der Waals surface area contributed by atoms with Gasteiger partial charge < -0.3 is 24.4 Å². The number of nitrogens with one attached hydrogen (secondary N) is 1. The molecule has 10 heteroatoms. The fraction of sp³-hybridized carbons (Fsp3) is 0.522. The standard InChI is InChI=1S/C23H28ClN5O3S/c1-23(2)31-17-12(11-30-5)10-14(18(17)32-23)25-20-16(19(24)27-22(28-20)29(3)4)21-26-13-8-6-7-9-15(13)33-21/h6-9,12,14,17-18H,10-11H2,1-5H3,(H,25,27,28). The van der Waals surface area contributed by atoms with Crippen LogP contribution < -0.4 is 10.2 Å². The van der Waals surface area contributed by atoms with Crippen molar-refractivity contribution in [2.24, 2.45) is 5.92 Å². The van der Waals surface area contributed by atoms with Gasteiger partial charge in [0.2, 0.25) is 5.95 Å². The molecule has 1 N–H and O–H groups in total. The summed E-state index contributed by atoms with van der Waals surface area (Å²) < 4.78 is 19.1. The van der Waals surface area contributed by atoms with Gasteiger partial charge in [0.15, 0.2) is 5.79 Å². The Balaban J connectivity index is 1.55. The Hall–Kier alpha value is -2.04. The lowest BCUT2D eigenvalue weighted by atomic mass is 10.1. The number of anilines is 2. The van der Waals surface area contributed by atoms with Gasteiger partial charge in [-0.15, -0.1) is 11.3 Å². The highest BCUT2D eigenvalue weighted by Gasteiger charge is 2.54. The van der Waals surface area contributed by atoms with Gasteiger partial charge in [-0.05, 0) is 32.4 Å². The van der Waals surface area contributed by atoms with E-state index in [1.807, 2.05) is 51.0 Å². The van der Waals surface area contributed by atoms with Crippen molar-refractivity contribution in [1.82, 2.24) is 15.0 Å². The van der Waals surface area contributed by atoms with Crippen LogP contribution in [0.5, 0.6) is 0 Å². The summed E-state index contributed by atoms with van der Waals surface area (Å²) in [4.78, 5) is 16.0. The monoisotopic (exact) mass is 489 g/mol. The highest BCUT2D eigenvalue weighted by Crippen LogP contribution is 2.44. The van der Waals surface area contributed by atoms with Crippen LogP contribution in [-0.2, 0) is 14.2 Å². The van der Waals surface area contributed by atoms with Gasteiger partial charge in [-0.3, -0.25) is 0 Å². The summed E-state index contributed by atoms with van der Waals surface area (Å²) >= 11 is 8.31. The molecule has 1 aliphatic carbocycles. The molecule has 1 saturated carbocycles. The van der Waals surface area contributed by atoms with Crippen LogP contribution in [0, 0.1) is 5.92 Å². The molecule has 33 heavy (non-hydrogen) atoms. The van der Waals surface area contributed by atoms with Gasteiger partial charge in [0, 0.05) is 27.1 Å². The summed E-state index contributed by atoms with van der Waals surface area (Å²) in [5.41, 5.74) is 1.62. The van der Waals surface area contributed by atoms with E-state index in [-0.39, 0.29) is 24.2 Å².